The van der Waals surface area contributed by atoms with Crippen LogP contribution in [0.1, 0.15) is 29.6 Å². The van der Waals surface area contributed by atoms with Crippen LogP contribution in [-0.2, 0) is 0 Å². The molecule has 134 valence electrons. The minimum absolute atomic E-state index is 0.416. The first kappa shape index (κ1) is 16.6. The zero-order chi connectivity index (χ0) is 17.9. The predicted molar refractivity (Wildman–Crippen MR) is 100 cm³/mol. The molecule has 1 atom stereocenters. The van der Waals surface area contributed by atoms with Crippen molar-refractivity contribution in [3.63, 3.8) is 0 Å². The maximum absolute atomic E-state index is 11.5. The van der Waals surface area contributed by atoms with Gasteiger partial charge in [0.1, 0.15) is 11.4 Å². The summed E-state index contributed by atoms with van der Waals surface area (Å²) in [6.07, 6.45) is 7.28. The van der Waals surface area contributed by atoms with E-state index in [2.05, 4.69) is 10.3 Å². The molecule has 1 aliphatic heterocycles. The SMILES string of the molecule is NC(=O)c1cccn2cc(-c3ccc(OCCC4CCCN4)cc3)nc12. The molecule has 1 fully saturated rings. The number of nitrogens with zero attached hydrogens (tertiary/aromatic N) is 2. The van der Waals surface area contributed by atoms with Crippen molar-refractivity contribution in [2.45, 2.75) is 25.3 Å². The Hall–Kier alpha value is -2.86. The predicted octanol–water partition coefficient (Wildman–Crippen LogP) is 2.62. The van der Waals surface area contributed by atoms with Gasteiger partial charge >= 0.3 is 0 Å². The molecule has 3 N–H and O–H groups in total. The number of imidazole rings is 1. The largest absolute Gasteiger partial charge is 0.494 e. The van der Waals surface area contributed by atoms with Crippen molar-refractivity contribution >= 4 is 11.6 Å². The standard InChI is InChI=1S/C20H22N4O2/c21-19(25)17-4-2-11-24-13-18(23-20(17)24)14-5-7-16(8-6-14)26-12-9-15-3-1-10-22-15/h2,4-8,11,13,15,22H,1,3,9-10,12H2,(H2,21,25). The van der Waals surface area contributed by atoms with Crippen molar-refractivity contribution < 1.29 is 9.53 Å². The highest BCUT2D eigenvalue weighted by molar-refractivity contribution is 5.98. The number of pyridine rings is 1. The molecule has 0 bridgehead atoms. The van der Waals surface area contributed by atoms with E-state index in [4.69, 9.17) is 10.5 Å². The van der Waals surface area contributed by atoms with Gasteiger partial charge < -0.3 is 20.2 Å². The van der Waals surface area contributed by atoms with Crippen LogP contribution in [0, 0.1) is 0 Å². The molecule has 0 spiro atoms. The van der Waals surface area contributed by atoms with Crippen LogP contribution in [-0.4, -0.2) is 34.5 Å². The molecule has 0 aliphatic carbocycles. The Bertz CT molecular complexity index is 911. The fraction of sp³-hybridized carbons (Fsp3) is 0.300. The van der Waals surface area contributed by atoms with Gasteiger partial charge in [0.15, 0.2) is 0 Å². The van der Waals surface area contributed by atoms with Crippen molar-refractivity contribution in [1.29, 1.82) is 0 Å². The molecule has 1 aromatic carbocycles. The number of rotatable bonds is 6. The van der Waals surface area contributed by atoms with Gasteiger partial charge in [-0.25, -0.2) is 4.98 Å². The highest BCUT2D eigenvalue weighted by Crippen LogP contribution is 2.23. The Morgan fingerprint density at radius 1 is 1.31 bits per heavy atom. The van der Waals surface area contributed by atoms with E-state index in [1.807, 2.05) is 41.1 Å². The second kappa shape index (κ2) is 7.17. The van der Waals surface area contributed by atoms with Crippen LogP contribution in [0.3, 0.4) is 0 Å². The first-order valence-corrected chi connectivity index (χ1v) is 8.95. The number of carbonyl (C=O) groups is 1. The highest BCUT2D eigenvalue weighted by atomic mass is 16.5. The molecule has 0 radical (unpaired) electrons. The number of amides is 1. The number of hydrogen-bond acceptors (Lipinski definition) is 4. The third-order valence-electron chi connectivity index (χ3n) is 4.80. The van der Waals surface area contributed by atoms with E-state index < -0.39 is 5.91 Å². The second-order valence-electron chi connectivity index (χ2n) is 6.60. The van der Waals surface area contributed by atoms with Crippen molar-refractivity contribution in [3.8, 4) is 17.0 Å². The summed E-state index contributed by atoms with van der Waals surface area (Å²) in [5, 5.41) is 3.48. The van der Waals surface area contributed by atoms with E-state index in [0.717, 1.165) is 30.0 Å². The van der Waals surface area contributed by atoms with Crippen molar-refractivity contribution in [3.05, 3.63) is 54.4 Å². The van der Waals surface area contributed by atoms with Crippen molar-refractivity contribution in [2.24, 2.45) is 5.73 Å². The smallest absolute Gasteiger partial charge is 0.252 e. The van der Waals surface area contributed by atoms with Gasteiger partial charge in [-0.1, -0.05) is 0 Å². The Morgan fingerprint density at radius 3 is 2.88 bits per heavy atom. The van der Waals surface area contributed by atoms with Crippen LogP contribution in [0.2, 0.25) is 0 Å². The van der Waals surface area contributed by atoms with Crippen LogP contribution in [0.5, 0.6) is 5.75 Å². The number of benzene rings is 1. The van der Waals surface area contributed by atoms with Crippen LogP contribution in [0.4, 0.5) is 0 Å². The first-order chi connectivity index (χ1) is 12.7. The molecule has 0 saturated carbocycles. The van der Waals surface area contributed by atoms with Gasteiger partial charge in [-0.3, -0.25) is 4.79 Å². The van der Waals surface area contributed by atoms with Gasteiger partial charge in [0.25, 0.3) is 5.91 Å². The van der Waals surface area contributed by atoms with Gasteiger partial charge in [0.2, 0.25) is 0 Å². The fourth-order valence-corrected chi connectivity index (χ4v) is 3.39. The lowest BCUT2D eigenvalue weighted by molar-refractivity contribution is 0.100. The summed E-state index contributed by atoms with van der Waals surface area (Å²) in [5.41, 5.74) is 8.17. The highest BCUT2D eigenvalue weighted by Gasteiger charge is 2.14. The molecule has 2 aromatic heterocycles. The topological polar surface area (TPSA) is 81.7 Å². The summed E-state index contributed by atoms with van der Waals surface area (Å²) in [7, 11) is 0. The maximum Gasteiger partial charge on any atom is 0.252 e. The maximum atomic E-state index is 11.5. The molecule has 1 aliphatic rings. The van der Waals surface area contributed by atoms with E-state index in [0.29, 0.717) is 23.9 Å². The van der Waals surface area contributed by atoms with Gasteiger partial charge in [0, 0.05) is 24.0 Å². The van der Waals surface area contributed by atoms with Crippen LogP contribution >= 0.6 is 0 Å². The molecular formula is C20H22N4O2. The zero-order valence-corrected chi connectivity index (χ0v) is 14.5. The lowest BCUT2D eigenvalue weighted by atomic mass is 10.1. The number of fused-ring (bicyclic) bond motifs is 1. The number of hydrogen-bond donors (Lipinski definition) is 2. The number of ether oxygens (including phenoxy) is 1. The number of carbonyl (C=O) groups excluding carboxylic acids is 1. The normalized spacial score (nSPS) is 16.8. The van der Waals surface area contributed by atoms with E-state index in [9.17, 15) is 4.79 Å². The number of primary amides is 1. The molecule has 6 heteroatoms. The lowest BCUT2D eigenvalue weighted by Crippen LogP contribution is -2.23. The first-order valence-electron chi connectivity index (χ1n) is 8.95. The molecule has 3 aromatic rings. The van der Waals surface area contributed by atoms with Crippen molar-refractivity contribution in [2.75, 3.05) is 13.2 Å². The summed E-state index contributed by atoms with van der Waals surface area (Å²) in [6.45, 7) is 1.84. The van der Waals surface area contributed by atoms with Gasteiger partial charge in [-0.05, 0) is 62.2 Å². The van der Waals surface area contributed by atoms with Crippen LogP contribution < -0.4 is 15.8 Å². The van der Waals surface area contributed by atoms with Gasteiger partial charge in [-0.2, -0.15) is 0 Å². The molecule has 1 amide bonds. The minimum atomic E-state index is -0.478. The van der Waals surface area contributed by atoms with E-state index in [1.165, 1.54) is 12.8 Å². The molecule has 4 rings (SSSR count). The number of nitrogens with one attached hydrogen (secondary N) is 1. The molecular weight excluding hydrogens is 328 g/mol. The average molecular weight is 350 g/mol. The van der Waals surface area contributed by atoms with Crippen LogP contribution in [0.15, 0.2) is 48.8 Å². The summed E-state index contributed by atoms with van der Waals surface area (Å²) >= 11 is 0. The van der Waals surface area contributed by atoms with Crippen molar-refractivity contribution in [1.82, 2.24) is 14.7 Å². The number of aromatic nitrogens is 2. The summed E-state index contributed by atoms with van der Waals surface area (Å²) < 4.78 is 7.66. The Morgan fingerprint density at radius 2 is 2.15 bits per heavy atom. The monoisotopic (exact) mass is 350 g/mol. The lowest BCUT2D eigenvalue weighted by Gasteiger charge is -2.11. The number of nitrogens with two attached hydrogens (primary N) is 1. The molecule has 26 heavy (non-hydrogen) atoms. The second-order valence-corrected chi connectivity index (χ2v) is 6.60. The molecule has 1 saturated heterocycles. The summed E-state index contributed by atoms with van der Waals surface area (Å²) in [6, 6.07) is 11.9. The Balaban J connectivity index is 1.47. The third kappa shape index (κ3) is 3.41. The zero-order valence-electron chi connectivity index (χ0n) is 14.5. The minimum Gasteiger partial charge on any atom is -0.494 e. The van der Waals surface area contributed by atoms with Crippen LogP contribution in [0.25, 0.3) is 16.9 Å². The molecule has 3 heterocycles. The third-order valence-corrected chi connectivity index (χ3v) is 4.80. The van der Waals surface area contributed by atoms with E-state index >= 15 is 0 Å². The quantitative estimate of drug-likeness (QED) is 0.716. The van der Waals surface area contributed by atoms with E-state index in [-0.39, 0.29) is 0 Å². The summed E-state index contributed by atoms with van der Waals surface area (Å²) in [5.74, 6) is 0.376. The van der Waals surface area contributed by atoms with E-state index in [1.54, 1.807) is 12.1 Å². The molecule has 6 nitrogen and oxygen atoms in total. The fourth-order valence-electron chi connectivity index (χ4n) is 3.39. The summed E-state index contributed by atoms with van der Waals surface area (Å²) in [4.78, 5) is 16.1. The Kier molecular flexibility index (Phi) is 4.58. The van der Waals surface area contributed by atoms with Gasteiger partial charge in [0.05, 0.1) is 17.9 Å². The Labute approximate surface area is 152 Å². The molecule has 1 unspecified atom stereocenters. The average Bonchev–Trinajstić information content (AvgIpc) is 3.31. The van der Waals surface area contributed by atoms with Gasteiger partial charge in [-0.15, -0.1) is 0 Å².